The van der Waals surface area contributed by atoms with E-state index in [4.69, 9.17) is 0 Å². The van der Waals surface area contributed by atoms with Crippen LogP contribution in [-0.4, -0.2) is 18.4 Å². The molecule has 1 aromatic carbocycles. The van der Waals surface area contributed by atoms with Gasteiger partial charge >= 0.3 is 0 Å². The van der Waals surface area contributed by atoms with Gasteiger partial charge in [-0.1, -0.05) is 6.07 Å². The predicted molar refractivity (Wildman–Crippen MR) is 71.4 cm³/mol. The lowest BCUT2D eigenvalue weighted by molar-refractivity contribution is 0.596. The van der Waals surface area contributed by atoms with Gasteiger partial charge in [0.1, 0.15) is 0 Å². The number of fused-ring (bicyclic) bond motifs is 1. The van der Waals surface area contributed by atoms with Crippen LogP contribution in [0.1, 0.15) is 0 Å². The van der Waals surface area contributed by atoms with Gasteiger partial charge in [-0.3, -0.25) is 9.97 Å². The third kappa shape index (κ3) is 2.08. The first-order chi connectivity index (χ1) is 9.18. The minimum Gasteiger partial charge on any atom is -0.263 e. The Labute approximate surface area is 110 Å². The smallest absolute Gasteiger partial charge is 0.208 e. The molecule has 0 unspecified atom stereocenters. The van der Waals surface area contributed by atoms with Crippen LogP contribution >= 0.6 is 0 Å². The summed E-state index contributed by atoms with van der Waals surface area (Å²) < 4.78 is 24.8. The number of rotatable bonds is 2. The Hall–Kier alpha value is -2.27. The van der Waals surface area contributed by atoms with Crippen molar-refractivity contribution in [1.29, 1.82) is 0 Å². The summed E-state index contributed by atoms with van der Waals surface area (Å²) in [5, 5.41) is 0.799. The molecule has 0 bridgehead atoms. The highest BCUT2D eigenvalue weighted by Crippen LogP contribution is 2.23. The van der Waals surface area contributed by atoms with Crippen molar-refractivity contribution in [2.24, 2.45) is 0 Å². The lowest BCUT2D eigenvalue weighted by Gasteiger charge is -2.05. The summed E-state index contributed by atoms with van der Waals surface area (Å²) in [6.45, 7) is 0. The topological polar surface area (TPSA) is 59.9 Å². The molecule has 94 valence electrons. The molecule has 0 fully saturated rings. The summed E-state index contributed by atoms with van der Waals surface area (Å²) in [5.74, 6) is 0. The summed E-state index contributed by atoms with van der Waals surface area (Å²) in [4.78, 5) is 8.46. The molecule has 0 N–H and O–H groups in total. The Balaban J connectivity index is 2.19. The average Bonchev–Trinajstić information content (AvgIpc) is 2.47. The van der Waals surface area contributed by atoms with Crippen LogP contribution in [0.2, 0.25) is 0 Å². The molecule has 0 spiro atoms. The van der Waals surface area contributed by atoms with Gasteiger partial charge in [-0.05, 0) is 36.4 Å². The van der Waals surface area contributed by atoms with E-state index in [2.05, 4.69) is 9.97 Å². The number of pyridine rings is 2. The Morgan fingerprint density at radius 2 is 1.74 bits per heavy atom. The summed E-state index contributed by atoms with van der Waals surface area (Å²) in [7, 11) is -3.52. The normalized spacial score (nSPS) is 11.6. The number of hydrogen-bond acceptors (Lipinski definition) is 4. The predicted octanol–water partition coefficient (Wildman–Crippen LogP) is 2.46. The van der Waals surface area contributed by atoms with Crippen molar-refractivity contribution in [3.8, 4) is 0 Å². The summed E-state index contributed by atoms with van der Waals surface area (Å²) >= 11 is 0. The minimum atomic E-state index is -3.52. The molecule has 0 aliphatic carbocycles. The van der Waals surface area contributed by atoms with Gasteiger partial charge in [0.05, 0.1) is 15.3 Å². The standard InChI is InChI=1S/C14H10N2O2S/c17-19(18,13-4-2-7-15-10-13)12-5-6-14-11(9-12)3-1-8-16-14/h1-10H. The van der Waals surface area contributed by atoms with E-state index in [0.29, 0.717) is 0 Å². The van der Waals surface area contributed by atoms with Crippen molar-refractivity contribution >= 4 is 20.7 Å². The maximum Gasteiger partial charge on any atom is 0.208 e. The van der Waals surface area contributed by atoms with Gasteiger partial charge in [0, 0.05) is 24.0 Å². The molecule has 0 amide bonds. The van der Waals surface area contributed by atoms with E-state index < -0.39 is 9.84 Å². The third-order valence-electron chi connectivity index (χ3n) is 2.83. The van der Waals surface area contributed by atoms with Crippen LogP contribution < -0.4 is 0 Å². The van der Waals surface area contributed by atoms with Crippen LogP contribution in [0.3, 0.4) is 0 Å². The molecule has 0 atom stereocenters. The van der Waals surface area contributed by atoms with E-state index in [1.165, 1.54) is 12.3 Å². The van der Waals surface area contributed by atoms with E-state index in [-0.39, 0.29) is 9.79 Å². The number of nitrogens with zero attached hydrogens (tertiary/aromatic N) is 2. The molecule has 2 aromatic heterocycles. The monoisotopic (exact) mass is 270 g/mol. The second-order valence-corrected chi connectivity index (χ2v) is 6.00. The molecule has 4 nitrogen and oxygen atoms in total. The number of aromatic nitrogens is 2. The highest BCUT2D eigenvalue weighted by molar-refractivity contribution is 7.91. The second kappa shape index (κ2) is 4.44. The van der Waals surface area contributed by atoms with Crippen LogP contribution in [0, 0.1) is 0 Å². The fraction of sp³-hybridized carbons (Fsp3) is 0. The highest BCUT2D eigenvalue weighted by atomic mass is 32.2. The fourth-order valence-electron chi connectivity index (χ4n) is 1.86. The molecule has 2 heterocycles. The van der Waals surface area contributed by atoms with Crippen molar-refractivity contribution in [3.05, 3.63) is 61.1 Å². The summed E-state index contributed by atoms with van der Waals surface area (Å²) in [5.41, 5.74) is 0.771. The van der Waals surface area contributed by atoms with Gasteiger partial charge < -0.3 is 0 Å². The minimum absolute atomic E-state index is 0.193. The van der Waals surface area contributed by atoms with Gasteiger partial charge in [0.15, 0.2) is 0 Å². The lowest BCUT2D eigenvalue weighted by Crippen LogP contribution is -2.02. The first-order valence-corrected chi connectivity index (χ1v) is 7.16. The van der Waals surface area contributed by atoms with Crippen molar-refractivity contribution in [2.45, 2.75) is 9.79 Å². The molecular weight excluding hydrogens is 260 g/mol. The fourth-order valence-corrected chi connectivity index (χ4v) is 3.12. The van der Waals surface area contributed by atoms with Crippen LogP contribution in [0.15, 0.2) is 70.8 Å². The number of hydrogen-bond donors (Lipinski definition) is 0. The second-order valence-electron chi connectivity index (χ2n) is 4.05. The molecule has 0 aliphatic heterocycles. The van der Waals surface area contributed by atoms with E-state index in [1.807, 2.05) is 6.07 Å². The Bertz CT molecular complexity index is 830. The zero-order valence-corrected chi connectivity index (χ0v) is 10.7. The third-order valence-corrected chi connectivity index (χ3v) is 4.57. The van der Waals surface area contributed by atoms with Crippen molar-refractivity contribution in [3.63, 3.8) is 0 Å². The van der Waals surface area contributed by atoms with E-state index in [0.717, 1.165) is 10.9 Å². The SMILES string of the molecule is O=S(=O)(c1cccnc1)c1ccc2ncccc2c1. The first kappa shape index (κ1) is 11.8. The Morgan fingerprint density at radius 3 is 2.53 bits per heavy atom. The molecular formula is C14H10N2O2S. The maximum absolute atomic E-state index is 12.4. The summed E-state index contributed by atoms with van der Waals surface area (Å²) in [6, 6.07) is 11.7. The molecule has 5 heteroatoms. The Morgan fingerprint density at radius 1 is 0.895 bits per heavy atom. The number of sulfone groups is 1. The van der Waals surface area contributed by atoms with Crippen LogP contribution in [0.4, 0.5) is 0 Å². The largest absolute Gasteiger partial charge is 0.263 e. The van der Waals surface area contributed by atoms with Crippen molar-refractivity contribution < 1.29 is 8.42 Å². The molecule has 0 aliphatic rings. The maximum atomic E-state index is 12.4. The molecule has 0 radical (unpaired) electrons. The van der Waals surface area contributed by atoms with Crippen LogP contribution in [0.25, 0.3) is 10.9 Å². The van der Waals surface area contributed by atoms with Gasteiger partial charge in [0.25, 0.3) is 0 Å². The molecule has 0 saturated carbocycles. The lowest BCUT2D eigenvalue weighted by atomic mass is 10.2. The van der Waals surface area contributed by atoms with Gasteiger partial charge in [-0.25, -0.2) is 8.42 Å². The van der Waals surface area contributed by atoms with Crippen LogP contribution in [-0.2, 0) is 9.84 Å². The van der Waals surface area contributed by atoms with Gasteiger partial charge in [0.2, 0.25) is 9.84 Å². The Kier molecular flexibility index (Phi) is 2.76. The molecule has 0 saturated heterocycles. The quantitative estimate of drug-likeness (QED) is 0.717. The summed E-state index contributed by atoms with van der Waals surface area (Å²) in [6.07, 6.45) is 4.57. The molecule has 3 aromatic rings. The van der Waals surface area contributed by atoms with Gasteiger partial charge in [-0.15, -0.1) is 0 Å². The number of benzene rings is 1. The van der Waals surface area contributed by atoms with Crippen molar-refractivity contribution in [1.82, 2.24) is 9.97 Å². The van der Waals surface area contributed by atoms with E-state index >= 15 is 0 Å². The first-order valence-electron chi connectivity index (χ1n) is 5.68. The van der Waals surface area contributed by atoms with E-state index in [1.54, 1.807) is 42.7 Å². The van der Waals surface area contributed by atoms with Gasteiger partial charge in [-0.2, -0.15) is 0 Å². The highest BCUT2D eigenvalue weighted by Gasteiger charge is 2.17. The van der Waals surface area contributed by atoms with E-state index in [9.17, 15) is 8.42 Å². The molecule has 19 heavy (non-hydrogen) atoms. The molecule has 3 rings (SSSR count). The van der Waals surface area contributed by atoms with Crippen LogP contribution in [0.5, 0.6) is 0 Å². The average molecular weight is 270 g/mol. The zero-order valence-electron chi connectivity index (χ0n) is 9.89. The van der Waals surface area contributed by atoms with Crippen molar-refractivity contribution in [2.75, 3.05) is 0 Å². The zero-order chi connectivity index (χ0) is 13.3.